The topological polar surface area (TPSA) is 63.3 Å². The number of benzene rings is 1. The van der Waals surface area contributed by atoms with Crippen molar-refractivity contribution in [1.29, 1.82) is 0 Å². The molecule has 1 aliphatic carbocycles. The Bertz CT molecular complexity index is 385. The highest BCUT2D eigenvalue weighted by Gasteiger charge is 2.27. The van der Waals surface area contributed by atoms with Gasteiger partial charge in [0.2, 0.25) is 5.91 Å². The summed E-state index contributed by atoms with van der Waals surface area (Å²) in [4.78, 5) is 10.7. The van der Waals surface area contributed by atoms with Crippen LogP contribution in [0, 0.1) is 0 Å². The van der Waals surface area contributed by atoms with Crippen LogP contribution >= 0.6 is 0 Å². The second-order valence-corrected chi connectivity index (χ2v) is 4.42. The van der Waals surface area contributed by atoms with Crippen molar-refractivity contribution in [3.63, 3.8) is 0 Å². The van der Waals surface area contributed by atoms with Gasteiger partial charge in [0.05, 0.1) is 6.10 Å². The zero-order valence-electron chi connectivity index (χ0n) is 9.23. The van der Waals surface area contributed by atoms with Crippen LogP contribution in [-0.2, 0) is 4.79 Å². The van der Waals surface area contributed by atoms with Gasteiger partial charge in [0.25, 0.3) is 0 Å². The van der Waals surface area contributed by atoms with Gasteiger partial charge in [0.1, 0.15) is 0 Å². The Labute approximate surface area is 95.3 Å². The lowest BCUT2D eigenvalue weighted by molar-refractivity contribution is -0.118. The Balaban J connectivity index is 2.09. The molecule has 0 aromatic heterocycles. The fraction of sp³-hybridized carbons (Fsp3) is 0.462. The van der Waals surface area contributed by atoms with Crippen LogP contribution < -0.4 is 5.73 Å². The summed E-state index contributed by atoms with van der Waals surface area (Å²) in [6, 6.07) is 7.94. The highest BCUT2D eigenvalue weighted by atomic mass is 16.3. The molecule has 0 spiro atoms. The van der Waals surface area contributed by atoms with Gasteiger partial charge in [0, 0.05) is 6.42 Å². The Hall–Kier alpha value is -1.35. The van der Waals surface area contributed by atoms with Gasteiger partial charge < -0.3 is 10.8 Å². The van der Waals surface area contributed by atoms with Crippen LogP contribution in [0.2, 0.25) is 0 Å². The monoisotopic (exact) mass is 219 g/mol. The number of aliphatic hydroxyl groups is 1. The highest BCUT2D eigenvalue weighted by molar-refractivity contribution is 5.73. The van der Waals surface area contributed by atoms with E-state index in [9.17, 15) is 9.90 Å². The molecule has 16 heavy (non-hydrogen) atoms. The molecule has 3 nitrogen and oxygen atoms in total. The zero-order chi connectivity index (χ0) is 11.5. The van der Waals surface area contributed by atoms with Crippen LogP contribution in [0.1, 0.15) is 48.8 Å². The third-order valence-corrected chi connectivity index (χ3v) is 3.04. The molecule has 1 aromatic carbocycles. The second kappa shape index (κ2) is 4.66. The summed E-state index contributed by atoms with van der Waals surface area (Å²) in [6.07, 6.45) is 2.50. The Morgan fingerprint density at radius 2 is 2.12 bits per heavy atom. The van der Waals surface area contributed by atoms with E-state index in [2.05, 4.69) is 6.07 Å². The lowest BCUT2D eigenvalue weighted by atomic mass is 9.96. The minimum absolute atomic E-state index is 0.236. The van der Waals surface area contributed by atoms with Crippen molar-refractivity contribution < 1.29 is 9.90 Å². The van der Waals surface area contributed by atoms with Crippen molar-refractivity contribution in [2.45, 2.75) is 37.7 Å². The summed E-state index contributed by atoms with van der Waals surface area (Å²) in [5.74, 6) is 0.252. The average molecular weight is 219 g/mol. The van der Waals surface area contributed by atoms with Crippen molar-refractivity contribution in [2.75, 3.05) is 0 Å². The third kappa shape index (κ3) is 2.61. The molecule has 0 heterocycles. The van der Waals surface area contributed by atoms with Crippen molar-refractivity contribution in [3.8, 4) is 0 Å². The first-order chi connectivity index (χ1) is 7.68. The number of hydrogen-bond donors (Lipinski definition) is 2. The van der Waals surface area contributed by atoms with Gasteiger partial charge in [-0.15, -0.1) is 0 Å². The van der Waals surface area contributed by atoms with Crippen LogP contribution in [0.15, 0.2) is 24.3 Å². The first-order valence-corrected chi connectivity index (χ1v) is 5.73. The molecule has 1 amide bonds. The van der Waals surface area contributed by atoms with E-state index < -0.39 is 6.10 Å². The SMILES string of the molecule is NC(=O)CCC(O)c1ccccc1C1CC1. The number of amides is 1. The first kappa shape index (κ1) is 11.1. The van der Waals surface area contributed by atoms with Crippen molar-refractivity contribution in [1.82, 2.24) is 0 Å². The number of carbonyl (C=O) groups is 1. The molecule has 0 radical (unpaired) electrons. The fourth-order valence-corrected chi connectivity index (χ4v) is 2.01. The highest BCUT2D eigenvalue weighted by Crippen LogP contribution is 2.43. The van der Waals surface area contributed by atoms with Gasteiger partial charge in [-0.05, 0) is 36.3 Å². The summed E-state index contributed by atoms with van der Waals surface area (Å²) in [5.41, 5.74) is 7.28. The van der Waals surface area contributed by atoms with Gasteiger partial charge in [-0.25, -0.2) is 0 Å². The first-order valence-electron chi connectivity index (χ1n) is 5.73. The predicted octanol–water partition coefficient (Wildman–Crippen LogP) is 1.86. The molecule has 1 aromatic rings. The van der Waals surface area contributed by atoms with Crippen LogP contribution in [0.3, 0.4) is 0 Å². The lowest BCUT2D eigenvalue weighted by Gasteiger charge is -2.14. The van der Waals surface area contributed by atoms with E-state index in [0.29, 0.717) is 12.3 Å². The molecular formula is C13H17NO2. The van der Waals surface area contributed by atoms with E-state index in [1.54, 1.807) is 0 Å². The van der Waals surface area contributed by atoms with Crippen LogP contribution in [0.25, 0.3) is 0 Å². The van der Waals surface area contributed by atoms with Crippen molar-refractivity contribution in [2.24, 2.45) is 5.73 Å². The largest absolute Gasteiger partial charge is 0.388 e. The van der Waals surface area contributed by atoms with Gasteiger partial charge in [-0.2, -0.15) is 0 Å². The van der Waals surface area contributed by atoms with E-state index in [0.717, 1.165) is 5.56 Å². The van der Waals surface area contributed by atoms with Gasteiger partial charge in [-0.3, -0.25) is 4.79 Å². The van der Waals surface area contributed by atoms with E-state index in [-0.39, 0.29) is 12.3 Å². The molecule has 0 saturated heterocycles. The van der Waals surface area contributed by atoms with E-state index >= 15 is 0 Å². The standard InChI is InChI=1S/C13H17NO2/c14-13(16)8-7-12(15)11-4-2-1-3-10(11)9-5-6-9/h1-4,9,12,15H,5-8H2,(H2,14,16). The number of primary amides is 1. The maximum atomic E-state index is 10.7. The number of aliphatic hydroxyl groups excluding tert-OH is 1. The molecule has 3 heteroatoms. The maximum absolute atomic E-state index is 10.7. The minimum atomic E-state index is -0.565. The minimum Gasteiger partial charge on any atom is -0.388 e. The summed E-state index contributed by atoms with van der Waals surface area (Å²) in [6.45, 7) is 0. The quantitative estimate of drug-likeness (QED) is 0.794. The molecule has 1 fully saturated rings. The zero-order valence-corrected chi connectivity index (χ0v) is 9.23. The van der Waals surface area contributed by atoms with E-state index in [1.807, 2.05) is 18.2 Å². The molecule has 3 N–H and O–H groups in total. The molecule has 1 unspecified atom stereocenters. The summed E-state index contributed by atoms with van der Waals surface area (Å²) in [7, 11) is 0. The Morgan fingerprint density at radius 1 is 1.44 bits per heavy atom. The maximum Gasteiger partial charge on any atom is 0.217 e. The summed E-state index contributed by atoms with van der Waals surface area (Å²) in [5, 5.41) is 10.0. The average Bonchev–Trinajstić information content (AvgIpc) is 3.09. The smallest absolute Gasteiger partial charge is 0.217 e. The predicted molar refractivity (Wildman–Crippen MR) is 61.8 cm³/mol. The van der Waals surface area contributed by atoms with Crippen LogP contribution in [-0.4, -0.2) is 11.0 Å². The van der Waals surface area contributed by atoms with E-state index in [1.165, 1.54) is 18.4 Å². The summed E-state index contributed by atoms with van der Waals surface area (Å²) < 4.78 is 0. The molecule has 1 aliphatic rings. The molecule has 2 rings (SSSR count). The molecule has 0 aliphatic heterocycles. The van der Waals surface area contributed by atoms with Gasteiger partial charge in [-0.1, -0.05) is 24.3 Å². The normalized spacial score (nSPS) is 17.1. The third-order valence-electron chi connectivity index (χ3n) is 3.04. The number of nitrogens with two attached hydrogens (primary N) is 1. The van der Waals surface area contributed by atoms with Crippen molar-refractivity contribution >= 4 is 5.91 Å². The molecule has 1 saturated carbocycles. The lowest BCUT2D eigenvalue weighted by Crippen LogP contribution is -2.12. The van der Waals surface area contributed by atoms with Crippen molar-refractivity contribution in [3.05, 3.63) is 35.4 Å². The fourth-order valence-electron chi connectivity index (χ4n) is 2.01. The molecule has 0 bridgehead atoms. The van der Waals surface area contributed by atoms with Crippen LogP contribution in [0.5, 0.6) is 0 Å². The second-order valence-electron chi connectivity index (χ2n) is 4.42. The number of hydrogen-bond acceptors (Lipinski definition) is 2. The van der Waals surface area contributed by atoms with Gasteiger partial charge in [0.15, 0.2) is 0 Å². The molecular weight excluding hydrogens is 202 g/mol. The number of rotatable bonds is 5. The number of carbonyl (C=O) groups excluding carboxylic acids is 1. The molecule has 1 atom stereocenters. The summed E-state index contributed by atoms with van der Waals surface area (Å²) >= 11 is 0. The Kier molecular flexibility index (Phi) is 3.25. The van der Waals surface area contributed by atoms with Crippen LogP contribution in [0.4, 0.5) is 0 Å². The van der Waals surface area contributed by atoms with E-state index in [4.69, 9.17) is 5.73 Å². The van der Waals surface area contributed by atoms with Gasteiger partial charge >= 0.3 is 0 Å². The Morgan fingerprint density at radius 3 is 2.75 bits per heavy atom. The molecule has 86 valence electrons.